The van der Waals surface area contributed by atoms with Gasteiger partial charge in [-0.1, -0.05) is 6.42 Å². The number of hydrazine groups is 1. The molecule has 160 valence electrons. The molecule has 0 spiro atoms. The van der Waals surface area contributed by atoms with Crippen molar-refractivity contribution in [1.82, 2.24) is 15.8 Å². The first-order chi connectivity index (χ1) is 13.7. The summed E-state index contributed by atoms with van der Waals surface area (Å²) < 4.78 is 5.40. The maximum Gasteiger partial charge on any atom is 0.410 e. The minimum absolute atomic E-state index is 0.273. The van der Waals surface area contributed by atoms with Gasteiger partial charge in [-0.3, -0.25) is 20.4 Å². The fourth-order valence-electron chi connectivity index (χ4n) is 3.74. The quantitative estimate of drug-likeness (QED) is 0.566. The van der Waals surface area contributed by atoms with Crippen LogP contribution in [0.4, 0.5) is 4.79 Å². The zero-order chi connectivity index (χ0) is 21.0. The molecule has 1 unspecified atom stereocenters. The van der Waals surface area contributed by atoms with E-state index in [1.54, 1.807) is 4.90 Å². The summed E-state index contributed by atoms with van der Waals surface area (Å²) in [4.78, 5) is 40.7. The SMILES string of the molecule is CC(C)(C)OC(=O)N1CCCC(C(=O)NNC(=O)c2cc3c(s2)CCCCC3)C1. The van der Waals surface area contributed by atoms with Crippen molar-refractivity contribution < 1.29 is 19.1 Å². The maximum atomic E-state index is 12.5. The molecule has 7 nitrogen and oxygen atoms in total. The number of amides is 3. The van der Waals surface area contributed by atoms with Gasteiger partial charge in [0.15, 0.2) is 0 Å². The Morgan fingerprint density at radius 2 is 1.86 bits per heavy atom. The van der Waals surface area contributed by atoms with Crippen molar-refractivity contribution in [3.8, 4) is 0 Å². The second-order valence-corrected chi connectivity index (χ2v) is 9.97. The van der Waals surface area contributed by atoms with E-state index in [9.17, 15) is 14.4 Å². The van der Waals surface area contributed by atoms with E-state index >= 15 is 0 Å². The van der Waals surface area contributed by atoms with Crippen molar-refractivity contribution >= 4 is 29.2 Å². The van der Waals surface area contributed by atoms with Gasteiger partial charge in [0.1, 0.15) is 5.60 Å². The molecule has 1 aliphatic carbocycles. The Kier molecular flexibility index (Phi) is 6.82. The predicted molar refractivity (Wildman–Crippen MR) is 112 cm³/mol. The molecule has 2 N–H and O–H groups in total. The minimum atomic E-state index is -0.570. The van der Waals surface area contributed by atoms with Crippen molar-refractivity contribution in [1.29, 1.82) is 0 Å². The topological polar surface area (TPSA) is 87.7 Å². The van der Waals surface area contributed by atoms with Crippen LogP contribution in [0.15, 0.2) is 6.07 Å². The summed E-state index contributed by atoms with van der Waals surface area (Å²) in [6.07, 6.45) is 6.62. The molecular weight excluding hydrogens is 390 g/mol. The lowest BCUT2D eigenvalue weighted by molar-refractivity contribution is -0.127. The summed E-state index contributed by atoms with van der Waals surface area (Å²) in [5.41, 5.74) is 5.78. The number of piperidine rings is 1. The number of aryl methyl sites for hydroxylation is 2. The molecule has 1 atom stereocenters. The van der Waals surface area contributed by atoms with Crippen molar-refractivity contribution in [2.75, 3.05) is 13.1 Å². The van der Waals surface area contributed by atoms with Gasteiger partial charge in [0, 0.05) is 18.0 Å². The third-order valence-corrected chi connectivity index (χ3v) is 6.45. The van der Waals surface area contributed by atoms with Crippen LogP contribution in [0, 0.1) is 5.92 Å². The van der Waals surface area contributed by atoms with E-state index in [1.807, 2.05) is 26.8 Å². The predicted octanol–water partition coefficient (Wildman–Crippen LogP) is 3.43. The largest absolute Gasteiger partial charge is 0.444 e. The van der Waals surface area contributed by atoms with E-state index in [1.165, 1.54) is 34.6 Å². The van der Waals surface area contributed by atoms with Crippen LogP contribution < -0.4 is 10.9 Å². The Hall–Kier alpha value is -2.09. The average molecular weight is 422 g/mol. The molecule has 2 heterocycles. The van der Waals surface area contributed by atoms with Gasteiger partial charge in [-0.25, -0.2) is 4.79 Å². The summed E-state index contributed by atoms with van der Waals surface area (Å²) in [6.45, 7) is 6.33. The zero-order valence-corrected chi connectivity index (χ0v) is 18.3. The molecule has 0 saturated carbocycles. The Morgan fingerprint density at radius 3 is 2.62 bits per heavy atom. The second kappa shape index (κ2) is 9.15. The van der Waals surface area contributed by atoms with Gasteiger partial charge < -0.3 is 9.64 Å². The fourth-order valence-corrected chi connectivity index (χ4v) is 4.89. The number of carbonyl (C=O) groups excluding carboxylic acids is 3. The molecule has 2 aliphatic rings. The molecule has 3 amide bonds. The fraction of sp³-hybridized carbons (Fsp3) is 0.667. The van der Waals surface area contributed by atoms with Gasteiger partial charge in [-0.15, -0.1) is 11.3 Å². The monoisotopic (exact) mass is 421 g/mol. The van der Waals surface area contributed by atoms with Gasteiger partial charge in [-0.2, -0.15) is 0 Å². The van der Waals surface area contributed by atoms with E-state index in [2.05, 4.69) is 10.9 Å². The summed E-state index contributed by atoms with van der Waals surface area (Å²) in [7, 11) is 0. The highest BCUT2D eigenvalue weighted by Crippen LogP contribution is 2.29. The van der Waals surface area contributed by atoms with Gasteiger partial charge in [-0.05, 0) is 70.9 Å². The van der Waals surface area contributed by atoms with Crippen LogP contribution in [0.1, 0.15) is 73.0 Å². The highest BCUT2D eigenvalue weighted by atomic mass is 32.1. The first-order valence-corrected chi connectivity index (χ1v) is 11.2. The standard InChI is InChI=1S/C21H31N3O4S/c1-21(2,3)28-20(27)24-11-7-9-15(13-24)18(25)22-23-19(26)17-12-14-8-5-4-6-10-16(14)29-17/h12,15H,4-11,13H2,1-3H3,(H,22,25)(H,23,26). The highest BCUT2D eigenvalue weighted by molar-refractivity contribution is 7.14. The summed E-state index contributed by atoms with van der Waals surface area (Å²) in [6, 6.07) is 1.96. The van der Waals surface area contributed by atoms with E-state index in [0.717, 1.165) is 25.7 Å². The van der Waals surface area contributed by atoms with Crippen molar-refractivity contribution in [2.45, 2.75) is 71.3 Å². The molecular formula is C21H31N3O4S. The molecule has 1 saturated heterocycles. The van der Waals surface area contributed by atoms with Crippen molar-refractivity contribution in [3.63, 3.8) is 0 Å². The molecule has 1 fully saturated rings. The molecule has 29 heavy (non-hydrogen) atoms. The molecule has 1 aromatic rings. The number of hydrogen-bond acceptors (Lipinski definition) is 5. The number of rotatable bonds is 2. The van der Waals surface area contributed by atoms with Crippen molar-refractivity contribution in [3.05, 3.63) is 21.4 Å². The number of hydrogen-bond donors (Lipinski definition) is 2. The number of carbonyl (C=O) groups is 3. The molecule has 0 bridgehead atoms. The number of ether oxygens (including phenoxy) is 1. The number of nitrogens with zero attached hydrogens (tertiary/aromatic N) is 1. The van der Waals surface area contributed by atoms with Crippen LogP contribution in [0.3, 0.4) is 0 Å². The lowest BCUT2D eigenvalue weighted by Crippen LogP contribution is -2.50. The van der Waals surface area contributed by atoms with E-state index in [-0.39, 0.29) is 17.7 Å². The van der Waals surface area contributed by atoms with E-state index < -0.39 is 11.7 Å². The van der Waals surface area contributed by atoms with Gasteiger partial charge in [0.05, 0.1) is 10.8 Å². The molecule has 0 aromatic carbocycles. The number of thiophene rings is 1. The summed E-state index contributed by atoms with van der Waals surface area (Å²) >= 11 is 1.52. The Labute approximate surface area is 176 Å². The first kappa shape index (κ1) is 21.6. The number of fused-ring (bicyclic) bond motifs is 1. The van der Waals surface area contributed by atoms with Crippen LogP contribution in [-0.2, 0) is 22.4 Å². The number of likely N-dealkylation sites (tertiary alicyclic amines) is 1. The zero-order valence-electron chi connectivity index (χ0n) is 17.5. The van der Waals surface area contributed by atoms with Crippen LogP contribution in [0.5, 0.6) is 0 Å². The van der Waals surface area contributed by atoms with Crippen LogP contribution >= 0.6 is 11.3 Å². The smallest absolute Gasteiger partial charge is 0.410 e. The van der Waals surface area contributed by atoms with Crippen LogP contribution in [-0.4, -0.2) is 41.5 Å². The lowest BCUT2D eigenvalue weighted by Gasteiger charge is -2.33. The first-order valence-electron chi connectivity index (χ1n) is 10.4. The van der Waals surface area contributed by atoms with E-state index in [4.69, 9.17) is 4.74 Å². The minimum Gasteiger partial charge on any atom is -0.444 e. The van der Waals surface area contributed by atoms with E-state index in [0.29, 0.717) is 24.4 Å². The Morgan fingerprint density at radius 1 is 1.10 bits per heavy atom. The van der Waals surface area contributed by atoms with Crippen LogP contribution in [0.2, 0.25) is 0 Å². The molecule has 0 radical (unpaired) electrons. The molecule has 1 aliphatic heterocycles. The lowest BCUT2D eigenvalue weighted by atomic mass is 9.98. The summed E-state index contributed by atoms with van der Waals surface area (Å²) in [5, 5.41) is 0. The Balaban J connectivity index is 1.51. The van der Waals surface area contributed by atoms with Crippen LogP contribution in [0.25, 0.3) is 0 Å². The molecule has 3 rings (SSSR count). The molecule has 8 heteroatoms. The van der Waals surface area contributed by atoms with Gasteiger partial charge in [0.25, 0.3) is 5.91 Å². The van der Waals surface area contributed by atoms with Gasteiger partial charge >= 0.3 is 6.09 Å². The second-order valence-electron chi connectivity index (χ2n) is 8.83. The maximum absolute atomic E-state index is 12.5. The highest BCUT2D eigenvalue weighted by Gasteiger charge is 2.31. The third-order valence-electron chi connectivity index (χ3n) is 5.21. The van der Waals surface area contributed by atoms with Gasteiger partial charge in [0.2, 0.25) is 5.91 Å². The summed E-state index contributed by atoms with van der Waals surface area (Å²) in [5.74, 6) is -0.919. The average Bonchev–Trinajstić information content (AvgIpc) is 2.95. The normalized spacial score (nSPS) is 19.7. The van der Waals surface area contributed by atoms with Crippen molar-refractivity contribution in [2.24, 2.45) is 5.92 Å². The number of nitrogens with one attached hydrogen (secondary N) is 2. The third kappa shape index (κ3) is 5.95. The molecule has 1 aromatic heterocycles. The Bertz CT molecular complexity index is 745.